The number of hydrogen-bond donors (Lipinski definition) is 2. The Morgan fingerprint density at radius 3 is 3.00 bits per heavy atom. The molecule has 0 aromatic carbocycles. The first kappa shape index (κ1) is 14.0. The molecule has 1 atom stereocenters. The van der Waals surface area contributed by atoms with Crippen molar-refractivity contribution in [1.82, 2.24) is 14.9 Å². The molecule has 0 bridgehead atoms. The molecule has 2 heterocycles. The van der Waals surface area contributed by atoms with Crippen LogP contribution in [0.4, 0.5) is 16.2 Å². The highest BCUT2D eigenvalue weighted by Crippen LogP contribution is 2.17. The van der Waals surface area contributed by atoms with Crippen LogP contribution in [0.15, 0.2) is 6.20 Å². The van der Waals surface area contributed by atoms with Crippen molar-refractivity contribution >= 4 is 11.8 Å². The van der Waals surface area contributed by atoms with Gasteiger partial charge in [-0.25, -0.2) is 9.37 Å². The molecule has 0 saturated carbocycles. The largest absolute Gasteiger partial charge is 0.366 e. The van der Waals surface area contributed by atoms with Gasteiger partial charge in [0.1, 0.15) is 0 Å². The highest BCUT2D eigenvalue weighted by Gasteiger charge is 2.19. The number of piperidine rings is 1. The number of aromatic nitrogens is 2. The summed E-state index contributed by atoms with van der Waals surface area (Å²) in [4.78, 5) is 10.4. The first-order chi connectivity index (χ1) is 9.20. The monoisotopic (exact) mass is 267 g/mol. The molecule has 1 saturated heterocycles. The zero-order valence-corrected chi connectivity index (χ0v) is 11.6. The maximum Gasteiger partial charge on any atom is 0.224 e. The summed E-state index contributed by atoms with van der Waals surface area (Å²) in [6.45, 7) is 4.50. The zero-order chi connectivity index (χ0) is 13.7. The SMILES string of the molecule is CCNc1ncc(F)c(NCC2CCCCN2C)n1. The molecule has 1 unspecified atom stereocenters. The molecule has 0 aliphatic carbocycles. The highest BCUT2D eigenvalue weighted by molar-refractivity contribution is 5.41. The lowest BCUT2D eigenvalue weighted by Gasteiger charge is -2.32. The normalized spacial score (nSPS) is 20.3. The number of rotatable bonds is 5. The molecule has 5 nitrogen and oxygen atoms in total. The van der Waals surface area contributed by atoms with Crippen LogP contribution in [-0.4, -0.2) is 47.6 Å². The van der Waals surface area contributed by atoms with Crippen molar-refractivity contribution in [1.29, 1.82) is 0 Å². The van der Waals surface area contributed by atoms with Gasteiger partial charge in [0, 0.05) is 19.1 Å². The van der Waals surface area contributed by atoms with E-state index >= 15 is 0 Å². The number of nitrogens with one attached hydrogen (secondary N) is 2. The molecule has 0 amide bonds. The van der Waals surface area contributed by atoms with E-state index in [2.05, 4.69) is 32.5 Å². The second-order valence-electron chi connectivity index (χ2n) is 4.93. The Morgan fingerprint density at radius 2 is 2.26 bits per heavy atom. The summed E-state index contributed by atoms with van der Waals surface area (Å²) in [5.74, 6) is 0.341. The average molecular weight is 267 g/mol. The third-order valence-corrected chi connectivity index (χ3v) is 3.51. The van der Waals surface area contributed by atoms with Crippen molar-refractivity contribution < 1.29 is 4.39 Å². The zero-order valence-electron chi connectivity index (χ0n) is 11.6. The molecule has 1 aliphatic rings. The van der Waals surface area contributed by atoms with E-state index in [1.165, 1.54) is 19.0 Å². The highest BCUT2D eigenvalue weighted by atomic mass is 19.1. The Balaban J connectivity index is 1.96. The number of likely N-dealkylation sites (N-methyl/N-ethyl adjacent to an activating group) is 1. The van der Waals surface area contributed by atoms with Crippen molar-refractivity contribution in [3.05, 3.63) is 12.0 Å². The Kier molecular flexibility index (Phi) is 4.90. The predicted molar refractivity (Wildman–Crippen MR) is 74.9 cm³/mol. The average Bonchev–Trinajstić information content (AvgIpc) is 2.41. The minimum Gasteiger partial charge on any atom is -0.366 e. The Labute approximate surface area is 113 Å². The molecule has 106 valence electrons. The fraction of sp³-hybridized carbons (Fsp3) is 0.692. The third-order valence-electron chi connectivity index (χ3n) is 3.51. The maximum absolute atomic E-state index is 13.6. The van der Waals surface area contributed by atoms with Crippen LogP contribution in [0.1, 0.15) is 26.2 Å². The first-order valence-electron chi connectivity index (χ1n) is 6.91. The van der Waals surface area contributed by atoms with Gasteiger partial charge in [-0.2, -0.15) is 4.98 Å². The molecular weight excluding hydrogens is 245 g/mol. The molecule has 1 aromatic heterocycles. The molecule has 19 heavy (non-hydrogen) atoms. The number of anilines is 2. The van der Waals surface area contributed by atoms with Crippen molar-refractivity contribution in [3.8, 4) is 0 Å². The smallest absolute Gasteiger partial charge is 0.224 e. The predicted octanol–water partition coefficient (Wildman–Crippen LogP) is 1.94. The van der Waals surface area contributed by atoms with E-state index in [4.69, 9.17) is 0 Å². The van der Waals surface area contributed by atoms with Gasteiger partial charge in [-0.15, -0.1) is 0 Å². The van der Waals surface area contributed by atoms with Gasteiger partial charge < -0.3 is 15.5 Å². The summed E-state index contributed by atoms with van der Waals surface area (Å²) < 4.78 is 13.6. The third kappa shape index (κ3) is 3.76. The quantitative estimate of drug-likeness (QED) is 0.854. The van der Waals surface area contributed by atoms with E-state index in [1.54, 1.807) is 0 Å². The summed E-state index contributed by atoms with van der Waals surface area (Å²) in [5.41, 5.74) is 0. The molecule has 2 N–H and O–H groups in total. The minimum atomic E-state index is -0.403. The number of hydrogen-bond acceptors (Lipinski definition) is 5. The molecule has 0 radical (unpaired) electrons. The summed E-state index contributed by atoms with van der Waals surface area (Å²) >= 11 is 0. The summed E-state index contributed by atoms with van der Waals surface area (Å²) in [6, 6.07) is 0.450. The Hall–Kier alpha value is -1.43. The van der Waals surface area contributed by atoms with Crippen molar-refractivity contribution in [2.75, 3.05) is 37.3 Å². The van der Waals surface area contributed by atoms with Gasteiger partial charge >= 0.3 is 0 Å². The number of likely N-dealkylation sites (tertiary alicyclic amines) is 1. The fourth-order valence-electron chi connectivity index (χ4n) is 2.35. The molecule has 2 rings (SSSR count). The molecular formula is C13H22FN5. The van der Waals surface area contributed by atoms with E-state index in [0.717, 1.165) is 26.1 Å². The Bertz CT molecular complexity index is 412. The summed E-state index contributed by atoms with van der Waals surface area (Å²) in [5, 5.41) is 6.09. The van der Waals surface area contributed by atoms with Crippen LogP contribution in [-0.2, 0) is 0 Å². The van der Waals surface area contributed by atoms with Crippen LogP contribution < -0.4 is 10.6 Å². The van der Waals surface area contributed by atoms with E-state index in [1.807, 2.05) is 6.92 Å². The van der Waals surface area contributed by atoms with Crippen LogP contribution in [0.5, 0.6) is 0 Å². The lowest BCUT2D eigenvalue weighted by molar-refractivity contribution is 0.194. The van der Waals surface area contributed by atoms with Crippen LogP contribution in [0.25, 0.3) is 0 Å². The number of nitrogens with zero attached hydrogens (tertiary/aromatic N) is 3. The molecule has 1 aromatic rings. The van der Waals surface area contributed by atoms with Gasteiger partial charge in [-0.1, -0.05) is 6.42 Å². The topological polar surface area (TPSA) is 53.1 Å². The van der Waals surface area contributed by atoms with E-state index in [9.17, 15) is 4.39 Å². The van der Waals surface area contributed by atoms with Gasteiger partial charge in [0.05, 0.1) is 6.20 Å². The van der Waals surface area contributed by atoms with Crippen molar-refractivity contribution in [3.63, 3.8) is 0 Å². The number of halogens is 1. The first-order valence-corrected chi connectivity index (χ1v) is 6.91. The minimum absolute atomic E-state index is 0.282. The van der Waals surface area contributed by atoms with Gasteiger partial charge in [0.25, 0.3) is 0 Å². The molecule has 6 heteroatoms. The van der Waals surface area contributed by atoms with Gasteiger partial charge in [-0.05, 0) is 33.4 Å². The van der Waals surface area contributed by atoms with Crippen LogP contribution in [0.3, 0.4) is 0 Å². The van der Waals surface area contributed by atoms with Crippen molar-refractivity contribution in [2.24, 2.45) is 0 Å². The summed E-state index contributed by atoms with van der Waals surface area (Å²) in [7, 11) is 2.12. The maximum atomic E-state index is 13.6. The fourth-order valence-corrected chi connectivity index (χ4v) is 2.35. The Morgan fingerprint density at radius 1 is 1.42 bits per heavy atom. The lowest BCUT2D eigenvalue weighted by atomic mass is 10.0. The summed E-state index contributed by atoms with van der Waals surface area (Å²) in [6.07, 6.45) is 4.85. The van der Waals surface area contributed by atoms with Crippen LogP contribution >= 0.6 is 0 Å². The van der Waals surface area contributed by atoms with Gasteiger partial charge in [-0.3, -0.25) is 0 Å². The van der Waals surface area contributed by atoms with E-state index in [0.29, 0.717) is 12.0 Å². The van der Waals surface area contributed by atoms with Gasteiger partial charge in [0.2, 0.25) is 5.95 Å². The van der Waals surface area contributed by atoms with Gasteiger partial charge in [0.15, 0.2) is 11.6 Å². The standard InChI is InChI=1S/C13H22FN5/c1-3-15-13-17-9-11(14)12(18-13)16-8-10-6-4-5-7-19(10)2/h9-10H,3-8H2,1-2H3,(H2,15,16,17,18). The second-order valence-corrected chi connectivity index (χ2v) is 4.93. The molecule has 1 aliphatic heterocycles. The molecule has 0 spiro atoms. The van der Waals surface area contributed by atoms with Crippen molar-refractivity contribution in [2.45, 2.75) is 32.2 Å². The van der Waals surface area contributed by atoms with Crippen LogP contribution in [0, 0.1) is 5.82 Å². The molecule has 1 fully saturated rings. The van der Waals surface area contributed by atoms with E-state index < -0.39 is 5.82 Å². The van der Waals surface area contributed by atoms with Crippen LogP contribution in [0.2, 0.25) is 0 Å². The lowest BCUT2D eigenvalue weighted by Crippen LogP contribution is -2.41. The second kappa shape index (κ2) is 6.65. The van der Waals surface area contributed by atoms with E-state index in [-0.39, 0.29) is 5.82 Å².